The molecule has 0 spiro atoms. The van der Waals surface area contributed by atoms with Gasteiger partial charge in [0, 0.05) is 24.7 Å². The molecule has 2 aromatic rings. The summed E-state index contributed by atoms with van der Waals surface area (Å²) in [6, 6.07) is 6.57. The van der Waals surface area contributed by atoms with E-state index < -0.39 is 10.0 Å². The second kappa shape index (κ2) is 4.74. The lowest BCUT2D eigenvalue weighted by Crippen LogP contribution is -2.27. The lowest BCUT2D eigenvalue weighted by Gasteiger charge is -2.15. The van der Waals surface area contributed by atoms with Crippen molar-refractivity contribution in [2.24, 2.45) is 0 Å². The molecule has 1 aromatic carbocycles. The predicted molar refractivity (Wildman–Crippen MR) is 74.7 cm³/mol. The molecule has 0 radical (unpaired) electrons. The van der Waals surface area contributed by atoms with E-state index in [-0.39, 0.29) is 4.90 Å². The van der Waals surface area contributed by atoms with Gasteiger partial charge >= 0.3 is 0 Å². The molecule has 19 heavy (non-hydrogen) atoms. The maximum atomic E-state index is 12.5. The standard InChI is InChI=1S/C13H13ClN2O2S/c14-12-5-6-15-13-4-3-10(9-11(12)13)19(17,18)16-7-1-2-8-16/h3-6,9H,1-2,7-8H2. The molecule has 4 nitrogen and oxygen atoms in total. The molecule has 1 aromatic heterocycles. The molecule has 2 heterocycles. The van der Waals surface area contributed by atoms with Crippen molar-refractivity contribution in [3.63, 3.8) is 0 Å². The van der Waals surface area contributed by atoms with Crippen molar-refractivity contribution < 1.29 is 8.42 Å². The van der Waals surface area contributed by atoms with Crippen LogP contribution in [-0.4, -0.2) is 30.8 Å². The molecular formula is C13H13ClN2O2S. The van der Waals surface area contributed by atoms with Crippen LogP contribution in [0.1, 0.15) is 12.8 Å². The molecule has 1 aliphatic rings. The lowest BCUT2D eigenvalue weighted by atomic mass is 10.2. The van der Waals surface area contributed by atoms with E-state index in [0.29, 0.717) is 29.0 Å². The van der Waals surface area contributed by atoms with Crippen molar-refractivity contribution in [3.8, 4) is 0 Å². The number of sulfonamides is 1. The van der Waals surface area contributed by atoms with Crippen LogP contribution in [0, 0.1) is 0 Å². The zero-order chi connectivity index (χ0) is 13.5. The molecule has 6 heteroatoms. The van der Waals surface area contributed by atoms with Gasteiger partial charge in [-0.3, -0.25) is 4.98 Å². The van der Waals surface area contributed by atoms with E-state index in [2.05, 4.69) is 4.98 Å². The molecule has 1 fully saturated rings. The van der Waals surface area contributed by atoms with Crippen molar-refractivity contribution in [1.29, 1.82) is 0 Å². The smallest absolute Gasteiger partial charge is 0.243 e. The fourth-order valence-corrected chi connectivity index (χ4v) is 4.08. The first-order valence-corrected chi connectivity index (χ1v) is 7.95. The summed E-state index contributed by atoms with van der Waals surface area (Å²) in [7, 11) is -3.40. The minimum absolute atomic E-state index is 0.289. The molecule has 0 N–H and O–H groups in total. The molecule has 0 amide bonds. The number of hydrogen-bond donors (Lipinski definition) is 0. The van der Waals surface area contributed by atoms with Gasteiger partial charge in [-0.25, -0.2) is 8.42 Å². The maximum Gasteiger partial charge on any atom is 0.243 e. The number of aromatic nitrogens is 1. The maximum absolute atomic E-state index is 12.5. The highest BCUT2D eigenvalue weighted by Gasteiger charge is 2.27. The third-order valence-electron chi connectivity index (χ3n) is 3.36. The van der Waals surface area contributed by atoms with Crippen LogP contribution in [0.15, 0.2) is 35.4 Å². The highest BCUT2D eigenvalue weighted by Crippen LogP contribution is 2.27. The summed E-state index contributed by atoms with van der Waals surface area (Å²) in [5.41, 5.74) is 0.702. The number of fused-ring (bicyclic) bond motifs is 1. The van der Waals surface area contributed by atoms with Crippen LogP contribution in [0.25, 0.3) is 10.9 Å². The minimum atomic E-state index is -3.40. The monoisotopic (exact) mass is 296 g/mol. The van der Waals surface area contributed by atoms with Crippen molar-refractivity contribution in [2.75, 3.05) is 13.1 Å². The number of rotatable bonds is 2. The van der Waals surface area contributed by atoms with E-state index in [0.717, 1.165) is 12.8 Å². The summed E-state index contributed by atoms with van der Waals surface area (Å²) in [5, 5.41) is 1.19. The molecule has 0 atom stereocenters. The van der Waals surface area contributed by atoms with Gasteiger partial charge < -0.3 is 0 Å². The summed E-state index contributed by atoms with van der Waals surface area (Å²) >= 11 is 6.09. The van der Waals surface area contributed by atoms with Gasteiger partial charge in [0.05, 0.1) is 15.4 Å². The molecule has 0 saturated carbocycles. The van der Waals surface area contributed by atoms with Crippen molar-refractivity contribution in [3.05, 3.63) is 35.5 Å². The highest BCUT2D eigenvalue weighted by molar-refractivity contribution is 7.89. The Hall–Kier alpha value is -1.17. The zero-order valence-corrected chi connectivity index (χ0v) is 11.8. The molecule has 1 saturated heterocycles. The van der Waals surface area contributed by atoms with E-state index >= 15 is 0 Å². The summed E-state index contributed by atoms with van der Waals surface area (Å²) in [5.74, 6) is 0. The third-order valence-corrected chi connectivity index (χ3v) is 5.59. The Morgan fingerprint density at radius 2 is 1.89 bits per heavy atom. The van der Waals surface area contributed by atoms with E-state index in [9.17, 15) is 8.42 Å². The first kappa shape index (κ1) is 12.8. The van der Waals surface area contributed by atoms with Gasteiger partial charge in [-0.05, 0) is 37.1 Å². The second-order valence-corrected chi connectivity index (χ2v) is 6.93. The Balaban J connectivity index is 2.13. The molecular weight excluding hydrogens is 284 g/mol. The van der Waals surface area contributed by atoms with Gasteiger partial charge in [0.15, 0.2) is 0 Å². The van der Waals surface area contributed by atoms with Crippen molar-refractivity contribution >= 4 is 32.5 Å². The Morgan fingerprint density at radius 1 is 1.16 bits per heavy atom. The van der Waals surface area contributed by atoms with Crippen LogP contribution in [0.4, 0.5) is 0 Å². The largest absolute Gasteiger partial charge is 0.256 e. The van der Waals surface area contributed by atoms with E-state index in [4.69, 9.17) is 11.6 Å². The molecule has 1 aliphatic heterocycles. The normalized spacial score (nSPS) is 17.1. The predicted octanol–water partition coefficient (Wildman–Crippen LogP) is 2.67. The van der Waals surface area contributed by atoms with Gasteiger partial charge in [0.2, 0.25) is 10.0 Å². The number of pyridine rings is 1. The van der Waals surface area contributed by atoms with Gasteiger partial charge in [-0.2, -0.15) is 4.31 Å². The highest BCUT2D eigenvalue weighted by atomic mass is 35.5. The van der Waals surface area contributed by atoms with E-state index in [1.807, 2.05) is 0 Å². The van der Waals surface area contributed by atoms with Crippen LogP contribution in [0.5, 0.6) is 0 Å². The summed E-state index contributed by atoms with van der Waals surface area (Å²) in [6.45, 7) is 1.20. The number of benzene rings is 1. The minimum Gasteiger partial charge on any atom is -0.256 e. The summed E-state index contributed by atoms with van der Waals surface area (Å²) in [6.07, 6.45) is 3.46. The topological polar surface area (TPSA) is 50.3 Å². The first-order chi connectivity index (χ1) is 9.09. The third kappa shape index (κ3) is 2.22. The Labute approximate surface area is 117 Å². The molecule has 0 unspecified atom stereocenters. The fourth-order valence-electron chi connectivity index (χ4n) is 2.33. The zero-order valence-electron chi connectivity index (χ0n) is 10.2. The van der Waals surface area contributed by atoms with Crippen LogP contribution >= 0.6 is 11.6 Å². The van der Waals surface area contributed by atoms with Crippen LogP contribution in [-0.2, 0) is 10.0 Å². The van der Waals surface area contributed by atoms with Gasteiger partial charge in [-0.1, -0.05) is 11.6 Å². The van der Waals surface area contributed by atoms with E-state index in [1.54, 1.807) is 30.5 Å². The quantitative estimate of drug-likeness (QED) is 0.856. The summed E-state index contributed by atoms with van der Waals surface area (Å²) in [4.78, 5) is 4.46. The SMILES string of the molecule is O=S(=O)(c1ccc2nccc(Cl)c2c1)N1CCCC1. The number of nitrogens with zero attached hydrogens (tertiary/aromatic N) is 2. The number of hydrogen-bond acceptors (Lipinski definition) is 3. The van der Waals surface area contributed by atoms with Gasteiger partial charge in [-0.15, -0.1) is 0 Å². The molecule has 0 aliphatic carbocycles. The van der Waals surface area contributed by atoms with Gasteiger partial charge in [0.1, 0.15) is 0 Å². The summed E-state index contributed by atoms with van der Waals surface area (Å²) < 4.78 is 26.4. The average Bonchev–Trinajstić information content (AvgIpc) is 2.93. The second-order valence-electron chi connectivity index (χ2n) is 4.58. The van der Waals surface area contributed by atoms with Crippen molar-refractivity contribution in [2.45, 2.75) is 17.7 Å². The van der Waals surface area contributed by atoms with E-state index in [1.165, 1.54) is 4.31 Å². The van der Waals surface area contributed by atoms with Crippen molar-refractivity contribution in [1.82, 2.24) is 9.29 Å². The number of halogens is 1. The van der Waals surface area contributed by atoms with Crippen LogP contribution in [0.2, 0.25) is 5.02 Å². The Bertz CT molecular complexity index is 725. The molecule has 100 valence electrons. The lowest BCUT2D eigenvalue weighted by molar-refractivity contribution is 0.477. The Morgan fingerprint density at radius 3 is 2.63 bits per heavy atom. The average molecular weight is 297 g/mol. The Kier molecular flexibility index (Phi) is 3.20. The fraction of sp³-hybridized carbons (Fsp3) is 0.308. The first-order valence-electron chi connectivity index (χ1n) is 6.13. The van der Waals surface area contributed by atoms with Crippen LogP contribution in [0.3, 0.4) is 0 Å². The molecule has 0 bridgehead atoms. The van der Waals surface area contributed by atoms with Gasteiger partial charge in [0.25, 0.3) is 0 Å². The molecule has 3 rings (SSSR count). The van der Waals surface area contributed by atoms with Crippen LogP contribution < -0.4 is 0 Å².